The van der Waals surface area contributed by atoms with Crippen molar-refractivity contribution in [3.05, 3.63) is 143 Å². The maximum Gasteiger partial charge on any atom is 0.237 e. The second kappa shape index (κ2) is 34.4. The summed E-state index contributed by atoms with van der Waals surface area (Å²) in [5, 5.41) is 74.4. The van der Waals surface area contributed by atoms with Crippen molar-refractivity contribution < 1.29 is 64.0 Å². The predicted octanol–water partition coefficient (Wildman–Crippen LogP) is -1.47. The number of terminal acetylenes is 2. The van der Waals surface area contributed by atoms with Gasteiger partial charge in [-0.1, -0.05) is 65.5 Å². The topological polar surface area (TPSA) is 513 Å². The third-order valence-electron chi connectivity index (χ3n) is 17.5. The number of nitrogens with two attached hydrogens (primary N) is 3. The number of rotatable bonds is 24. The summed E-state index contributed by atoms with van der Waals surface area (Å²) >= 11 is 0. The molecule has 3 aliphatic heterocycles. The number of azide groups is 1. The normalized spacial score (nSPS) is 22.6. The number of fused-ring (bicyclic) bond motifs is 3. The van der Waals surface area contributed by atoms with E-state index in [4.69, 9.17) is 54.5 Å². The standard InChI is InChI=1S/C24H29N7O5.C23H27N7O4.C21H26N10O4/c1-4-9-35-15-7-5-14(6-8-15)10-16(25)23(34)29-18-17(11-32)36-24(20(18)33)31-13-28-19-21(30(2)3)26-12-27-22(19)31;1-4-13-5-7-14(8-6-13)9-15(24)22(33)28-17-16(10-31)34-23(19(17)32)30-12-27-18-20(29(2)3)25-11-26-21(18)30;1-30(2)18-16-19(25-9-24-18)31(10-26-16)21-17(33)15(14(8-32)35-21)27-20(34)13(22)7-11-3-5-12(6-4-11)28-29-23/h1,5-8,12-13,16-18,20,24,32-33H,9-11,25H2,2-3H3,(H,29,34);1,5-8,11-12,15-17,19,23,31-32H,9-10,24H2,2-3H3,(H,28,33);3-6,9-10,13-15,17,21,32-33H,7-8,22H2,1-2H3,(H,27,34)/t16-,17+,18?,20-,24+;15-,16+,17?,19-,23+;13-,14+,15?,17-,21+/m000/s1. The van der Waals surface area contributed by atoms with E-state index in [2.05, 4.69) is 82.7 Å². The Bertz CT molecular complexity index is 4600. The number of carbonyl (C=O) groups is 3. The summed E-state index contributed by atoms with van der Waals surface area (Å²) in [6.45, 7) is -1.10. The van der Waals surface area contributed by atoms with Crippen molar-refractivity contribution >= 4 is 74.4 Å². The lowest BCUT2D eigenvalue weighted by Gasteiger charge is -2.23. The quantitative estimate of drug-likeness (QED) is 0.0142. The number of aliphatic hydroxyl groups excluding tert-OH is 6. The van der Waals surface area contributed by atoms with Gasteiger partial charge >= 0.3 is 0 Å². The van der Waals surface area contributed by atoms with E-state index in [0.717, 1.165) is 22.3 Å². The largest absolute Gasteiger partial charge is 0.481 e. The Morgan fingerprint density at radius 2 is 0.867 bits per heavy atom. The smallest absolute Gasteiger partial charge is 0.237 e. The van der Waals surface area contributed by atoms with Crippen molar-refractivity contribution in [3.63, 3.8) is 0 Å². The molecule has 0 radical (unpaired) electrons. The first-order chi connectivity index (χ1) is 50.5. The fraction of sp³-hybridized carbons (Fsp3) is 0.412. The Kier molecular flexibility index (Phi) is 25.1. The van der Waals surface area contributed by atoms with Gasteiger partial charge in [0, 0.05) is 58.4 Å². The monoisotopic (exact) mass is 1440 g/mol. The number of imidazole rings is 3. The Hall–Kier alpha value is -11.1. The second-order valence-electron chi connectivity index (χ2n) is 25.3. The Balaban J connectivity index is 0.000000169. The summed E-state index contributed by atoms with van der Waals surface area (Å²) in [5.74, 6) is 5.90. The minimum Gasteiger partial charge on any atom is -0.481 e. The van der Waals surface area contributed by atoms with Gasteiger partial charge in [0.15, 0.2) is 69.6 Å². The lowest BCUT2D eigenvalue weighted by atomic mass is 10.0. The zero-order valence-electron chi connectivity index (χ0n) is 58.0. The van der Waals surface area contributed by atoms with Crippen LogP contribution in [0.2, 0.25) is 0 Å². The number of nitrogens with zero attached hydrogens (tertiary/aromatic N) is 18. The number of hydrogen-bond donors (Lipinski definition) is 12. The van der Waals surface area contributed by atoms with E-state index in [-0.39, 0.29) is 25.9 Å². The molecule has 0 bridgehead atoms. The van der Waals surface area contributed by atoms with Crippen LogP contribution >= 0.6 is 0 Å². The van der Waals surface area contributed by atoms with Gasteiger partial charge in [-0.3, -0.25) is 28.1 Å². The van der Waals surface area contributed by atoms with Crippen LogP contribution in [0.15, 0.2) is 116 Å². The van der Waals surface area contributed by atoms with Gasteiger partial charge in [0.1, 0.15) is 68.0 Å². The summed E-state index contributed by atoms with van der Waals surface area (Å²) in [7, 11) is 11.0. The number of benzene rings is 3. The van der Waals surface area contributed by atoms with Gasteiger partial charge in [0.2, 0.25) is 17.7 Å². The number of aliphatic hydroxyl groups is 6. The molecule has 12 rings (SSSR count). The van der Waals surface area contributed by atoms with E-state index in [9.17, 15) is 45.0 Å². The lowest BCUT2D eigenvalue weighted by molar-refractivity contribution is -0.124. The van der Waals surface area contributed by atoms with Crippen molar-refractivity contribution in [2.75, 3.05) is 83.4 Å². The van der Waals surface area contributed by atoms with E-state index in [0.29, 0.717) is 62.4 Å². The Morgan fingerprint density at radius 3 is 1.16 bits per heavy atom. The van der Waals surface area contributed by atoms with Crippen molar-refractivity contribution in [1.29, 1.82) is 0 Å². The number of aromatic nitrogens is 12. The number of amides is 3. The highest BCUT2D eigenvalue weighted by atomic mass is 16.6. The zero-order chi connectivity index (χ0) is 75.3. The molecule has 0 saturated carbocycles. The maximum atomic E-state index is 12.9. The first kappa shape index (κ1) is 76.5. The van der Waals surface area contributed by atoms with E-state index >= 15 is 0 Å². The highest BCUT2D eigenvalue weighted by molar-refractivity contribution is 5.86. The molecule has 37 heteroatoms. The molecule has 6 aromatic heterocycles. The summed E-state index contributed by atoms with van der Waals surface area (Å²) in [6.07, 6.45) is 11.0. The molecule has 9 aromatic rings. The summed E-state index contributed by atoms with van der Waals surface area (Å²) in [5.41, 5.74) is 33.4. The van der Waals surface area contributed by atoms with Crippen LogP contribution in [0.4, 0.5) is 23.1 Å². The average Bonchev–Trinajstić information content (AvgIpc) is 1.63. The van der Waals surface area contributed by atoms with Crippen LogP contribution in [0.5, 0.6) is 5.75 Å². The van der Waals surface area contributed by atoms with Crippen LogP contribution < -0.4 is 52.6 Å². The van der Waals surface area contributed by atoms with Crippen molar-refractivity contribution in [2.24, 2.45) is 22.3 Å². The van der Waals surface area contributed by atoms with Crippen LogP contribution in [0.3, 0.4) is 0 Å². The first-order valence-electron chi connectivity index (χ1n) is 32.9. The number of anilines is 3. The molecule has 9 heterocycles. The third-order valence-corrected chi connectivity index (χ3v) is 17.5. The fourth-order valence-electron chi connectivity index (χ4n) is 12.2. The molecule has 15 N–H and O–H groups in total. The van der Waals surface area contributed by atoms with Gasteiger partial charge in [0.25, 0.3) is 0 Å². The molecule has 105 heavy (non-hydrogen) atoms. The van der Waals surface area contributed by atoms with Crippen LogP contribution in [0, 0.1) is 24.7 Å². The first-order valence-corrected chi connectivity index (χ1v) is 32.9. The SMILES string of the molecule is C#CCOc1ccc(C[C@H](N)C(=O)NC2[C@@H](CO)O[C@@H](n3cnc4c(N(C)C)ncnc43)[C@H]2O)cc1.C#Cc1ccc(C[C@H](N)C(=O)NC2[C@@H](CO)O[C@@H](n3cnc4c(N(C)C)ncnc43)[C@H]2O)cc1.CN(C)c1ncnc2c1ncn2[C@@H]1O[C@H](CO)C(NC(=O)[C@@H](N)Cc2ccc(N=[N+]=[N-])cc2)[C@@H]1O. The van der Waals surface area contributed by atoms with E-state index in [1.54, 1.807) is 89.1 Å². The van der Waals surface area contributed by atoms with E-state index < -0.39 is 129 Å². The van der Waals surface area contributed by atoms with Crippen LogP contribution in [-0.4, -0.2) is 249 Å². The summed E-state index contributed by atoms with van der Waals surface area (Å²) in [4.78, 5) is 85.2. The minimum atomic E-state index is -1.21. The zero-order valence-corrected chi connectivity index (χ0v) is 58.0. The molecule has 552 valence electrons. The van der Waals surface area contributed by atoms with Crippen molar-refractivity contribution in [2.45, 2.75) is 111 Å². The van der Waals surface area contributed by atoms with Gasteiger partial charge in [0.05, 0.1) is 75.1 Å². The van der Waals surface area contributed by atoms with Crippen LogP contribution in [0.25, 0.3) is 43.9 Å². The number of nitrogens with one attached hydrogen (secondary N) is 3. The molecule has 3 aliphatic rings. The van der Waals surface area contributed by atoms with E-state index in [1.165, 1.54) is 38.0 Å². The maximum absolute atomic E-state index is 12.9. The van der Waals surface area contributed by atoms with Crippen molar-refractivity contribution in [1.82, 2.24) is 74.5 Å². The fourth-order valence-corrected chi connectivity index (χ4v) is 12.2. The average molecular weight is 1440 g/mol. The molecular weight excluding hydrogens is 1360 g/mol. The number of carbonyl (C=O) groups excluding carboxylic acids is 3. The molecule has 15 atom stereocenters. The predicted molar refractivity (Wildman–Crippen MR) is 381 cm³/mol. The van der Waals surface area contributed by atoms with Crippen LogP contribution in [-0.2, 0) is 47.9 Å². The van der Waals surface area contributed by atoms with Gasteiger partial charge < -0.3 is 97.4 Å². The molecule has 3 saturated heterocycles. The molecule has 3 unspecified atom stereocenters. The molecule has 37 nitrogen and oxygen atoms in total. The van der Waals surface area contributed by atoms with Gasteiger partial charge in [-0.05, 0) is 65.7 Å². The molecule has 0 aliphatic carbocycles. The highest BCUT2D eigenvalue weighted by Gasteiger charge is 2.49. The lowest BCUT2D eigenvalue weighted by Crippen LogP contribution is -2.53. The molecule has 0 spiro atoms. The third kappa shape index (κ3) is 17.2. The van der Waals surface area contributed by atoms with Gasteiger partial charge in [-0.15, -0.1) is 12.8 Å². The number of ether oxygens (including phenoxy) is 4. The number of hydrogen-bond acceptors (Lipinski definition) is 29. The van der Waals surface area contributed by atoms with Gasteiger partial charge in [-0.25, -0.2) is 44.9 Å². The Labute approximate surface area is 601 Å². The summed E-state index contributed by atoms with van der Waals surface area (Å²) < 4.78 is 27.7. The highest BCUT2D eigenvalue weighted by Crippen LogP contribution is 2.36. The Morgan fingerprint density at radius 1 is 0.543 bits per heavy atom. The molecule has 3 fully saturated rings. The van der Waals surface area contributed by atoms with E-state index in [1.807, 2.05) is 54.4 Å². The molecular formula is C68H82N24O13. The minimum absolute atomic E-state index is 0.165. The molecule has 3 aromatic carbocycles. The van der Waals surface area contributed by atoms with Gasteiger partial charge in [-0.2, -0.15) is 0 Å². The summed E-state index contributed by atoms with van der Waals surface area (Å²) in [6, 6.07) is 15.6. The van der Waals surface area contributed by atoms with Crippen LogP contribution in [0.1, 0.15) is 40.9 Å². The molecule has 3 amide bonds. The van der Waals surface area contributed by atoms with Crippen molar-refractivity contribution in [3.8, 4) is 30.4 Å². The second-order valence-corrected chi connectivity index (χ2v) is 25.3.